The van der Waals surface area contributed by atoms with Crippen LogP contribution in [0, 0.1) is 5.82 Å². The SMILES string of the molecule is COc1ccc(C(CCc2ccncc2)NN)c(F)c1. The number of aromatic nitrogens is 1. The van der Waals surface area contributed by atoms with Crippen LogP contribution in [-0.2, 0) is 6.42 Å². The van der Waals surface area contributed by atoms with E-state index in [9.17, 15) is 4.39 Å². The number of benzene rings is 1. The van der Waals surface area contributed by atoms with Crippen molar-refractivity contribution in [2.24, 2.45) is 5.84 Å². The maximum Gasteiger partial charge on any atom is 0.131 e. The first-order valence-electron chi connectivity index (χ1n) is 6.43. The van der Waals surface area contributed by atoms with Crippen molar-refractivity contribution in [1.29, 1.82) is 0 Å². The fourth-order valence-corrected chi connectivity index (χ4v) is 2.11. The van der Waals surface area contributed by atoms with Gasteiger partial charge in [-0.15, -0.1) is 0 Å². The Morgan fingerprint density at radius 2 is 2.05 bits per heavy atom. The van der Waals surface area contributed by atoms with Gasteiger partial charge < -0.3 is 4.74 Å². The number of halogens is 1. The molecule has 1 atom stereocenters. The molecule has 0 amide bonds. The van der Waals surface area contributed by atoms with Crippen LogP contribution >= 0.6 is 0 Å². The summed E-state index contributed by atoms with van der Waals surface area (Å²) in [5, 5.41) is 0. The molecular weight excluding hydrogens is 257 g/mol. The van der Waals surface area contributed by atoms with Crippen LogP contribution in [0.1, 0.15) is 23.6 Å². The Hall–Kier alpha value is -1.98. The molecule has 4 nitrogen and oxygen atoms in total. The van der Waals surface area contributed by atoms with Crippen molar-refractivity contribution in [2.45, 2.75) is 18.9 Å². The largest absolute Gasteiger partial charge is 0.497 e. The molecule has 106 valence electrons. The van der Waals surface area contributed by atoms with Crippen molar-refractivity contribution in [3.63, 3.8) is 0 Å². The molecule has 1 aromatic heterocycles. The first-order chi connectivity index (χ1) is 9.74. The van der Waals surface area contributed by atoms with Gasteiger partial charge in [-0.1, -0.05) is 6.07 Å². The molecule has 3 N–H and O–H groups in total. The Bertz CT molecular complexity index is 548. The van der Waals surface area contributed by atoms with Crippen LogP contribution in [0.25, 0.3) is 0 Å². The summed E-state index contributed by atoms with van der Waals surface area (Å²) in [6.07, 6.45) is 4.98. The fraction of sp³-hybridized carbons (Fsp3) is 0.267. The van der Waals surface area contributed by atoms with E-state index in [0.29, 0.717) is 17.7 Å². The van der Waals surface area contributed by atoms with Gasteiger partial charge >= 0.3 is 0 Å². The summed E-state index contributed by atoms with van der Waals surface area (Å²) in [7, 11) is 1.51. The van der Waals surface area contributed by atoms with E-state index in [1.807, 2.05) is 12.1 Å². The molecule has 20 heavy (non-hydrogen) atoms. The number of nitrogens with one attached hydrogen (secondary N) is 1. The molecule has 0 saturated heterocycles. The van der Waals surface area contributed by atoms with Crippen molar-refractivity contribution in [3.05, 3.63) is 59.7 Å². The van der Waals surface area contributed by atoms with Crippen LogP contribution in [0.15, 0.2) is 42.7 Å². The maximum absolute atomic E-state index is 14.0. The Morgan fingerprint density at radius 3 is 2.65 bits per heavy atom. The molecule has 1 unspecified atom stereocenters. The number of hydrogen-bond donors (Lipinski definition) is 2. The number of nitrogens with zero attached hydrogens (tertiary/aromatic N) is 1. The molecule has 0 saturated carbocycles. The maximum atomic E-state index is 14.0. The second kappa shape index (κ2) is 6.98. The molecule has 0 spiro atoms. The average molecular weight is 275 g/mol. The van der Waals surface area contributed by atoms with Crippen LogP contribution in [0.3, 0.4) is 0 Å². The summed E-state index contributed by atoms with van der Waals surface area (Å²) in [6.45, 7) is 0. The van der Waals surface area contributed by atoms with Crippen LogP contribution in [0.2, 0.25) is 0 Å². The van der Waals surface area contributed by atoms with Crippen LogP contribution in [-0.4, -0.2) is 12.1 Å². The molecule has 1 aromatic carbocycles. The highest BCUT2D eigenvalue weighted by molar-refractivity contribution is 5.31. The monoisotopic (exact) mass is 275 g/mol. The molecule has 0 radical (unpaired) electrons. The number of hydrazine groups is 1. The van der Waals surface area contributed by atoms with Crippen molar-refractivity contribution in [3.8, 4) is 5.75 Å². The van der Waals surface area contributed by atoms with Gasteiger partial charge in [0.15, 0.2) is 0 Å². The second-order valence-electron chi connectivity index (χ2n) is 4.50. The summed E-state index contributed by atoms with van der Waals surface area (Å²) < 4.78 is 19.0. The van der Waals surface area contributed by atoms with E-state index in [1.165, 1.54) is 13.2 Å². The minimum Gasteiger partial charge on any atom is -0.497 e. The minimum atomic E-state index is -0.318. The highest BCUT2D eigenvalue weighted by Gasteiger charge is 2.15. The minimum absolute atomic E-state index is 0.242. The summed E-state index contributed by atoms with van der Waals surface area (Å²) >= 11 is 0. The van der Waals surface area contributed by atoms with Crippen molar-refractivity contribution in [1.82, 2.24) is 10.4 Å². The van der Waals surface area contributed by atoms with E-state index in [-0.39, 0.29) is 11.9 Å². The van der Waals surface area contributed by atoms with Gasteiger partial charge in [-0.3, -0.25) is 16.3 Å². The third-order valence-electron chi connectivity index (χ3n) is 3.26. The van der Waals surface area contributed by atoms with Crippen molar-refractivity contribution in [2.75, 3.05) is 7.11 Å². The molecule has 2 aromatic rings. The van der Waals surface area contributed by atoms with Gasteiger partial charge in [0.05, 0.1) is 7.11 Å². The van der Waals surface area contributed by atoms with Crippen LogP contribution < -0.4 is 16.0 Å². The first kappa shape index (κ1) is 14.4. The van der Waals surface area contributed by atoms with Gasteiger partial charge in [0.25, 0.3) is 0 Å². The highest BCUT2D eigenvalue weighted by Crippen LogP contribution is 2.24. The molecule has 5 heteroatoms. The van der Waals surface area contributed by atoms with Crippen LogP contribution in [0.5, 0.6) is 5.75 Å². The van der Waals surface area contributed by atoms with Gasteiger partial charge in [-0.05, 0) is 36.6 Å². The molecule has 1 heterocycles. The number of rotatable bonds is 6. The van der Waals surface area contributed by atoms with E-state index >= 15 is 0 Å². The van der Waals surface area contributed by atoms with Crippen molar-refractivity contribution >= 4 is 0 Å². The van der Waals surface area contributed by atoms with E-state index in [4.69, 9.17) is 10.6 Å². The Balaban J connectivity index is 2.08. The lowest BCUT2D eigenvalue weighted by atomic mass is 9.99. The van der Waals surface area contributed by atoms with Crippen LogP contribution in [0.4, 0.5) is 4.39 Å². The van der Waals surface area contributed by atoms with Gasteiger partial charge in [0, 0.05) is 30.1 Å². The quantitative estimate of drug-likeness (QED) is 0.627. The van der Waals surface area contributed by atoms with E-state index < -0.39 is 0 Å². The Morgan fingerprint density at radius 1 is 1.30 bits per heavy atom. The molecule has 0 aliphatic carbocycles. The first-order valence-corrected chi connectivity index (χ1v) is 6.43. The lowest BCUT2D eigenvalue weighted by Gasteiger charge is -2.17. The molecule has 0 bridgehead atoms. The second-order valence-corrected chi connectivity index (χ2v) is 4.50. The fourth-order valence-electron chi connectivity index (χ4n) is 2.11. The van der Waals surface area contributed by atoms with Gasteiger partial charge in [-0.2, -0.15) is 0 Å². The van der Waals surface area contributed by atoms with Gasteiger partial charge in [0.2, 0.25) is 0 Å². The predicted molar refractivity (Wildman–Crippen MR) is 75.6 cm³/mol. The zero-order valence-electron chi connectivity index (χ0n) is 11.3. The Kier molecular flexibility index (Phi) is 5.03. The third-order valence-corrected chi connectivity index (χ3v) is 3.26. The number of hydrogen-bond acceptors (Lipinski definition) is 4. The van der Waals surface area contributed by atoms with Gasteiger partial charge in [-0.25, -0.2) is 4.39 Å². The number of methoxy groups -OCH3 is 1. The lowest BCUT2D eigenvalue weighted by Crippen LogP contribution is -2.29. The molecule has 0 fully saturated rings. The number of pyridine rings is 1. The molecule has 2 rings (SSSR count). The summed E-state index contributed by atoms with van der Waals surface area (Å²) in [5.41, 5.74) is 4.36. The number of ether oxygens (including phenoxy) is 1. The molecule has 0 aliphatic heterocycles. The summed E-state index contributed by atoms with van der Waals surface area (Å²) in [6, 6.07) is 8.44. The van der Waals surface area contributed by atoms with Crippen molar-refractivity contribution < 1.29 is 9.13 Å². The third kappa shape index (κ3) is 3.53. The summed E-state index contributed by atoms with van der Waals surface area (Å²) in [5.74, 6) is 5.73. The standard InChI is InChI=1S/C15H18FN3O/c1-20-12-3-4-13(14(16)10-12)15(19-17)5-2-11-6-8-18-9-7-11/h3-4,6-10,15,19H,2,5,17H2,1H3. The summed E-state index contributed by atoms with van der Waals surface area (Å²) in [4.78, 5) is 3.97. The zero-order chi connectivity index (χ0) is 14.4. The molecular formula is C15H18FN3O. The van der Waals surface area contributed by atoms with E-state index in [0.717, 1.165) is 12.0 Å². The lowest BCUT2D eigenvalue weighted by molar-refractivity contribution is 0.408. The van der Waals surface area contributed by atoms with E-state index in [1.54, 1.807) is 24.5 Å². The predicted octanol–water partition coefficient (Wildman–Crippen LogP) is 2.37. The topological polar surface area (TPSA) is 60.2 Å². The normalized spacial score (nSPS) is 12.2. The number of aryl methyl sites for hydroxylation is 1. The smallest absolute Gasteiger partial charge is 0.131 e. The average Bonchev–Trinajstić information content (AvgIpc) is 2.50. The Labute approximate surface area is 117 Å². The molecule has 0 aliphatic rings. The highest BCUT2D eigenvalue weighted by atomic mass is 19.1. The zero-order valence-corrected chi connectivity index (χ0v) is 11.3. The number of nitrogens with two attached hydrogens (primary N) is 1. The van der Waals surface area contributed by atoms with Gasteiger partial charge in [0.1, 0.15) is 11.6 Å². The van der Waals surface area contributed by atoms with E-state index in [2.05, 4.69) is 10.4 Å².